The number of hydrogen-bond acceptors (Lipinski definition) is 8. The zero-order valence-electron chi connectivity index (χ0n) is 13.9. The van der Waals surface area contributed by atoms with E-state index in [0.29, 0.717) is 38.4 Å². The van der Waals surface area contributed by atoms with E-state index in [-0.39, 0.29) is 30.9 Å². The normalized spacial score (nSPS) is 18.6. The molecule has 10 heteroatoms. The van der Waals surface area contributed by atoms with Crippen LogP contribution in [0, 0.1) is 0 Å². The first-order chi connectivity index (χ1) is 11.5. The summed E-state index contributed by atoms with van der Waals surface area (Å²) in [7, 11) is 3.36. The summed E-state index contributed by atoms with van der Waals surface area (Å²) < 4.78 is 9.66. The highest BCUT2D eigenvalue weighted by Crippen LogP contribution is 2.09. The Balaban J connectivity index is 1.88. The number of aliphatic hydroxyl groups is 1. The summed E-state index contributed by atoms with van der Waals surface area (Å²) in [6.45, 7) is 1.63. The van der Waals surface area contributed by atoms with Gasteiger partial charge < -0.3 is 29.5 Å². The fourth-order valence-electron chi connectivity index (χ4n) is 2.52. The second-order valence-electron chi connectivity index (χ2n) is 5.60. The van der Waals surface area contributed by atoms with Crippen LogP contribution < -0.4 is 5.32 Å². The summed E-state index contributed by atoms with van der Waals surface area (Å²) in [5, 5.41) is 15.3. The second-order valence-corrected chi connectivity index (χ2v) is 5.60. The van der Waals surface area contributed by atoms with Crippen LogP contribution in [0.3, 0.4) is 0 Å². The number of amides is 2. The smallest absolute Gasteiger partial charge is 0.252 e. The maximum atomic E-state index is 12.4. The summed E-state index contributed by atoms with van der Waals surface area (Å²) in [6.07, 6.45) is 0.379. The maximum absolute atomic E-state index is 12.4. The summed E-state index contributed by atoms with van der Waals surface area (Å²) in [6, 6.07) is -0.551. The van der Waals surface area contributed by atoms with Gasteiger partial charge in [0.1, 0.15) is 19.3 Å². The van der Waals surface area contributed by atoms with Crippen molar-refractivity contribution in [2.45, 2.75) is 19.1 Å². The van der Waals surface area contributed by atoms with Gasteiger partial charge in [0.25, 0.3) is 5.89 Å². The Morgan fingerprint density at radius 2 is 2.25 bits per heavy atom. The quantitative estimate of drug-likeness (QED) is 0.585. The molecule has 1 saturated heterocycles. The molecular formula is C14H23N5O5. The van der Waals surface area contributed by atoms with E-state index in [4.69, 9.17) is 14.4 Å². The first kappa shape index (κ1) is 18.3. The third-order valence-corrected chi connectivity index (χ3v) is 3.77. The minimum atomic E-state index is -0.551. The maximum Gasteiger partial charge on any atom is 0.252 e. The third kappa shape index (κ3) is 4.73. The van der Waals surface area contributed by atoms with Crippen LogP contribution in [0.25, 0.3) is 0 Å². The predicted molar refractivity (Wildman–Crippen MR) is 81.8 cm³/mol. The van der Waals surface area contributed by atoms with Crippen molar-refractivity contribution in [1.82, 2.24) is 25.3 Å². The van der Waals surface area contributed by atoms with E-state index in [1.165, 1.54) is 7.11 Å². The molecule has 2 amide bonds. The zero-order chi connectivity index (χ0) is 17.5. The molecule has 1 aromatic heterocycles. The molecule has 10 nitrogen and oxygen atoms in total. The van der Waals surface area contributed by atoms with Gasteiger partial charge in [-0.1, -0.05) is 5.16 Å². The molecule has 2 N–H and O–H groups in total. The molecular weight excluding hydrogens is 318 g/mol. The molecule has 0 bridgehead atoms. The summed E-state index contributed by atoms with van der Waals surface area (Å²) in [5.41, 5.74) is 0. The fraction of sp³-hybridized carbons (Fsp3) is 0.714. The van der Waals surface area contributed by atoms with Gasteiger partial charge in [-0.15, -0.1) is 0 Å². The van der Waals surface area contributed by atoms with Gasteiger partial charge in [-0.25, -0.2) is 0 Å². The first-order valence-corrected chi connectivity index (χ1v) is 7.72. The van der Waals surface area contributed by atoms with E-state index in [1.807, 2.05) is 11.9 Å². The monoisotopic (exact) mass is 341 g/mol. The number of ether oxygens (including phenoxy) is 1. The van der Waals surface area contributed by atoms with Gasteiger partial charge in [-0.3, -0.25) is 9.59 Å². The zero-order valence-corrected chi connectivity index (χ0v) is 13.9. The highest BCUT2D eigenvalue weighted by Gasteiger charge is 2.33. The molecule has 1 fully saturated rings. The minimum absolute atomic E-state index is 0.0414. The average molecular weight is 341 g/mol. The van der Waals surface area contributed by atoms with Crippen LogP contribution in [0.2, 0.25) is 0 Å². The summed E-state index contributed by atoms with van der Waals surface area (Å²) in [5.74, 6) is 0.127. The van der Waals surface area contributed by atoms with Gasteiger partial charge in [0.05, 0.1) is 0 Å². The number of likely N-dealkylation sites (N-methyl/N-ethyl adjacent to an activating group) is 1. The first-order valence-electron chi connectivity index (χ1n) is 7.72. The number of nitrogens with one attached hydrogen (secondary N) is 1. The van der Waals surface area contributed by atoms with E-state index in [2.05, 4.69) is 15.5 Å². The Morgan fingerprint density at radius 3 is 2.92 bits per heavy atom. The molecule has 134 valence electrons. The molecule has 0 aliphatic carbocycles. The van der Waals surface area contributed by atoms with Crippen LogP contribution in [0.15, 0.2) is 4.52 Å². The lowest BCUT2D eigenvalue weighted by Gasteiger charge is -2.38. The summed E-state index contributed by atoms with van der Waals surface area (Å²) in [4.78, 5) is 32.0. The van der Waals surface area contributed by atoms with E-state index < -0.39 is 6.04 Å². The number of aliphatic hydroxyl groups excluding tert-OH is 1. The molecule has 0 aromatic carbocycles. The van der Waals surface area contributed by atoms with Gasteiger partial charge in [0.15, 0.2) is 5.82 Å². The number of aromatic nitrogens is 2. The molecule has 2 heterocycles. The van der Waals surface area contributed by atoms with Crippen molar-refractivity contribution in [3.05, 3.63) is 11.7 Å². The van der Waals surface area contributed by atoms with Crippen LogP contribution in [0.5, 0.6) is 0 Å². The van der Waals surface area contributed by atoms with Gasteiger partial charge in [0.2, 0.25) is 11.8 Å². The van der Waals surface area contributed by atoms with Crippen LogP contribution >= 0.6 is 0 Å². The molecule has 0 saturated carbocycles. The Hall–Kier alpha value is -2.04. The lowest BCUT2D eigenvalue weighted by molar-refractivity contribution is -0.146. The summed E-state index contributed by atoms with van der Waals surface area (Å²) >= 11 is 0. The van der Waals surface area contributed by atoms with Crippen molar-refractivity contribution in [2.24, 2.45) is 0 Å². The van der Waals surface area contributed by atoms with Crippen LogP contribution in [0.4, 0.5) is 0 Å². The molecule has 1 unspecified atom stereocenters. The fourth-order valence-corrected chi connectivity index (χ4v) is 2.52. The lowest BCUT2D eigenvalue weighted by atomic mass is 10.1. The topological polar surface area (TPSA) is 121 Å². The molecule has 1 aromatic rings. The average Bonchev–Trinajstić information content (AvgIpc) is 3.02. The molecule has 0 radical (unpaired) electrons. The van der Waals surface area contributed by atoms with Crippen molar-refractivity contribution in [2.75, 3.05) is 46.9 Å². The minimum Gasteiger partial charge on any atom is -0.387 e. The number of hydrogen-bond donors (Lipinski definition) is 2. The Labute approximate surface area is 139 Å². The van der Waals surface area contributed by atoms with Crippen molar-refractivity contribution in [3.8, 4) is 0 Å². The SMILES string of the molecule is COCC(=O)N1CCN(C)CC1C(=O)NCCc1noc(CO)n1. The van der Waals surface area contributed by atoms with E-state index in [1.54, 1.807) is 4.90 Å². The highest BCUT2D eigenvalue weighted by atomic mass is 16.5. The molecule has 1 aliphatic heterocycles. The lowest BCUT2D eigenvalue weighted by Crippen LogP contribution is -2.60. The van der Waals surface area contributed by atoms with Gasteiger partial charge in [-0.2, -0.15) is 4.98 Å². The van der Waals surface area contributed by atoms with Gasteiger partial charge in [-0.05, 0) is 7.05 Å². The van der Waals surface area contributed by atoms with Crippen LogP contribution in [0.1, 0.15) is 11.7 Å². The van der Waals surface area contributed by atoms with Crippen LogP contribution in [-0.2, 0) is 27.4 Å². The molecule has 2 rings (SSSR count). The standard InChI is InChI=1S/C14H23N5O5/c1-18-5-6-19(13(21)9-23-2)10(7-18)14(22)15-4-3-11-16-12(8-20)24-17-11/h10,20H,3-9H2,1-2H3,(H,15,22). The van der Waals surface area contributed by atoms with E-state index in [0.717, 1.165) is 0 Å². The van der Waals surface area contributed by atoms with Crippen molar-refractivity contribution in [3.63, 3.8) is 0 Å². The predicted octanol–water partition coefficient (Wildman–Crippen LogP) is -1.99. The third-order valence-electron chi connectivity index (χ3n) is 3.77. The number of piperazine rings is 1. The molecule has 24 heavy (non-hydrogen) atoms. The number of carbonyl (C=O) groups excluding carboxylic acids is 2. The van der Waals surface area contributed by atoms with E-state index in [9.17, 15) is 9.59 Å². The Kier molecular flexibility index (Phi) is 6.64. The van der Waals surface area contributed by atoms with Crippen molar-refractivity contribution >= 4 is 11.8 Å². The number of nitrogens with zero attached hydrogens (tertiary/aromatic N) is 4. The number of carbonyl (C=O) groups is 2. The second kappa shape index (κ2) is 8.71. The van der Waals surface area contributed by atoms with Gasteiger partial charge in [0, 0.05) is 39.7 Å². The van der Waals surface area contributed by atoms with Crippen LogP contribution in [-0.4, -0.2) is 89.8 Å². The Bertz CT molecular complexity index is 564. The molecule has 1 aliphatic rings. The molecule has 1 atom stereocenters. The van der Waals surface area contributed by atoms with Crippen molar-refractivity contribution in [1.29, 1.82) is 0 Å². The largest absolute Gasteiger partial charge is 0.387 e. The number of methoxy groups -OCH3 is 1. The molecule has 0 spiro atoms. The van der Waals surface area contributed by atoms with E-state index >= 15 is 0 Å². The highest BCUT2D eigenvalue weighted by molar-refractivity contribution is 5.88. The van der Waals surface area contributed by atoms with Gasteiger partial charge >= 0.3 is 0 Å². The number of rotatable bonds is 7. The Morgan fingerprint density at radius 1 is 1.46 bits per heavy atom. The van der Waals surface area contributed by atoms with Crippen molar-refractivity contribution < 1.29 is 24.0 Å².